The molecule has 35 heavy (non-hydrogen) atoms. The molecule has 1 N–H and O–H groups in total. The molecule has 1 saturated heterocycles. The van der Waals surface area contributed by atoms with Gasteiger partial charge in [-0.15, -0.1) is 0 Å². The first kappa shape index (κ1) is 24.3. The number of rotatable bonds is 8. The van der Waals surface area contributed by atoms with E-state index in [4.69, 9.17) is 14.2 Å². The zero-order chi connectivity index (χ0) is 24.9. The molecule has 3 aromatic rings. The van der Waals surface area contributed by atoms with E-state index in [1.807, 2.05) is 42.5 Å². The van der Waals surface area contributed by atoms with Gasteiger partial charge in [-0.1, -0.05) is 30.3 Å². The minimum atomic E-state index is -0.887. The third-order valence-corrected chi connectivity index (χ3v) is 6.41. The van der Waals surface area contributed by atoms with Crippen molar-refractivity contribution in [2.75, 3.05) is 41.2 Å². The Morgan fingerprint density at radius 1 is 0.943 bits per heavy atom. The van der Waals surface area contributed by atoms with Gasteiger partial charge in [0.05, 0.1) is 33.7 Å². The molecule has 184 valence electrons. The number of carbonyl (C=O) groups excluding carboxylic acids is 2. The predicted octanol–water partition coefficient (Wildman–Crippen LogP) is 3.97. The zero-order valence-corrected chi connectivity index (χ0v) is 20.1. The van der Waals surface area contributed by atoms with Crippen molar-refractivity contribution in [1.29, 1.82) is 0 Å². The van der Waals surface area contributed by atoms with Crippen LogP contribution < -0.4 is 19.5 Å². The number of fused-ring (bicyclic) bond motifs is 1. The molecule has 2 amide bonds. The summed E-state index contributed by atoms with van der Waals surface area (Å²) < 4.78 is 28.7. The van der Waals surface area contributed by atoms with Gasteiger partial charge in [0.1, 0.15) is 0 Å². The van der Waals surface area contributed by atoms with Crippen molar-refractivity contribution in [2.45, 2.75) is 12.8 Å². The summed E-state index contributed by atoms with van der Waals surface area (Å²) in [5.41, 5.74) is 2.83. The Balaban J connectivity index is 1.51. The second kappa shape index (κ2) is 10.6. The summed E-state index contributed by atoms with van der Waals surface area (Å²) in [5, 5.41) is 4.25. The van der Waals surface area contributed by atoms with E-state index in [1.54, 1.807) is 26.2 Å². The van der Waals surface area contributed by atoms with Crippen LogP contribution in [0.5, 0.6) is 17.2 Å². The average molecular weight is 481 g/mol. The summed E-state index contributed by atoms with van der Waals surface area (Å²) >= 11 is 0. The Bertz CT molecular complexity index is 1220. The average Bonchev–Trinajstić information content (AvgIpc) is 3.38. The van der Waals surface area contributed by atoms with E-state index < -0.39 is 6.80 Å². The predicted molar refractivity (Wildman–Crippen MR) is 132 cm³/mol. The number of nitrogens with zero attached hydrogens (tertiary/aromatic N) is 1. The highest BCUT2D eigenvalue weighted by Crippen LogP contribution is 2.41. The standard InChI is InChI=1S/C27H29FN2O5/c1-33-23-13-22(14-24(34-2)26(23)35-3)20-7-6-18-10-17(4-5-19(18)12-20)11-25(31)30-9-8-21(15-30)27(32)29-16-28/h4-7,10,12-14,21H,8-9,11,15-16H2,1-3H3,(H,29,32)/t21-/m0/s1. The maximum atomic E-state index is 12.8. The van der Waals surface area contributed by atoms with Gasteiger partial charge in [-0.25, -0.2) is 4.39 Å². The lowest BCUT2D eigenvalue weighted by molar-refractivity contribution is -0.130. The van der Waals surface area contributed by atoms with E-state index in [0.717, 1.165) is 27.5 Å². The van der Waals surface area contributed by atoms with Gasteiger partial charge in [-0.3, -0.25) is 9.59 Å². The number of hydrogen-bond donors (Lipinski definition) is 1. The van der Waals surface area contributed by atoms with E-state index in [1.165, 1.54) is 0 Å². The fourth-order valence-electron chi connectivity index (χ4n) is 4.53. The lowest BCUT2D eigenvalue weighted by Crippen LogP contribution is -2.34. The molecular formula is C27H29FN2O5. The van der Waals surface area contributed by atoms with Gasteiger partial charge in [0.2, 0.25) is 17.6 Å². The molecule has 7 nitrogen and oxygen atoms in total. The minimum absolute atomic E-state index is 0.0334. The van der Waals surface area contributed by atoms with Gasteiger partial charge < -0.3 is 24.4 Å². The fraction of sp³-hybridized carbons (Fsp3) is 0.333. The topological polar surface area (TPSA) is 77.1 Å². The maximum absolute atomic E-state index is 12.8. The number of ether oxygens (including phenoxy) is 3. The van der Waals surface area contributed by atoms with E-state index >= 15 is 0 Å². The number of carbonyl (C=O) groups is 2. The highest BCUT2D eigenvalue weighted by molar-refractivity contribution is 5.90. The lowest BCUT2D eigenvalue weighted by atomic mass is 9.98. The van der Waals surface area contributed by atoms with Crippen molar-refractivity contribution in [1.82, 2.24) is 10.2 Å². The number of alkyl halides is 1. The van der Waals surface area contributed by atoms with Crippen molar-refractivity contribution < 1.29 is 28.2 Å². The Labute approximate surface area is 203 Å². The van der Waals surface area contributed by atoms with Crippen molar-refractivity contribution in [3.8, 4) is 28.4 Å². The van der Waals surface area contributed by atoms with Crippen LogP contribution in [-0.2, 0) is 16.0 Å². The third-order valence-electron chi connectivity index (χ3n) is 6.41. The molecule has 0 radical (unpaired) electrons. The normalized spacial score (nSPS) is 15.2. The van der Waals surface area contributed by atoms with Crippen LogP contribution in [0.4, 0.5) is 4.39 Å². The van der Waals surface area contributed by atoms with Crippen LogP contribution >= 0.6 is 0 Å². The molecule has 1 fully saturated rings. The van der Waals surface area contributed by atoms with E-state index in [0.29, 0.717) is 36.8 Å². The number of hydrogen-bond acceptors (Lipinski definition) is 5. The summed E-state index contributed by atoms with van der Waals surface area (Å²) in [5.74, 6) is 0.996. The molecule has 0 bridgehead atoms. The smallest absolute Gasteiger partial charge is 0.227 e. The Morgan fingerprint density at radius 2 is 1.63 bits per heavy atom. The number of nitrogens with one attached hydrogen (secondary N) is 1. The van der Waals surface area contributed by atoms with Crippen LogP contribution in [0.3, 0.4) is 0 Å². The number of likely N-dealkylation sites (tertiary alicyclic amines) is 1. The van der Waals surface area contributed by atoms with Gasteiger partial charge in [0.15, 0.2) is 18.3 Å². The molecule has 4 rings (SSSR count). The monoisotopic (exact) mass is 480 g/mol. The van der Waals surface area contributed by atoms with Gasteiger partial charge in [0, 0.05) is 13.1 Å². The largest absolute Gasteiger partial charge is 0.493 e. The maximum Gasteiger partial charge on any atom is 0.227 e. The summed E-state index contributed by atoms with van der Waals surface area (Å²) in [6.07, 6.45) is 0.807. The van der Waals surface area contributed by atoms with Crippen LogP contribution in [0.1, 0.15) is 12.0 Å². The van der Waals surface area contributed by atoms with E-state index in [2.05, 4.69) is 11.4 Å². The second-order valence-electron chi connectivity index (χ2n) is 8.49. The molecule has 8 heteroatoms. The van der Waals surface area contributed by atoms with Gasteiger partial charge >= 0.3 is 0 Å². The fourth-order valence-corrected chi connectivity index (χ4v) is 4.53. The minimum Gasteiger partial charge on any atom is -0.493 e. The molecule has 0 saturated carbocycles. The number of halogens is 1. The number of amides is 2. The van der Waals surface area contributed by atoms with Crippen molar-refractivity contribution >= 4 is 22.6 Å². The van der Waals surface area contributed by atoms with Crippen molar-refractivity contribution in [3.05, 3.63) is 54.1 Å². The number of methoxy groups -OCH3 is 3. The Morgan fingerprint density at radius 3 is 2.29 bits per heavy atom. The van der Waals surface area contributed by atoms with E-state index in [-0.39, 0.29) is 24.2 Å². The van der Waals surface area contributed by atoms with Crippen LogP contribution in [0.2, 0.25) is 0 Å². The summed E-state index contributed by atoms with van der Waals surface area (Å²) in [6, 6.07) is 15.9. The first-order chi connectivity index (χ1) is 17.0. The van der Waals surface area contributed by atoms with Crippen LogP contribution in [0.15, 0.2) is 48.5 Å². The highest BCUT2D eigenvalue weighted by Gasteiger charge is 2.30. The molecule has 3 aromatic carbocycles. The molecule has 1 aliphatic rings. The summed E-state index contributed by atoms with van der Waals surface area (Å²) in [7, 11) is 4.75. The number of benzene rings is 3. The SMILES string of the molecule is COc1cc(-c2ccc3cc(CC(=O)N4CC[C@H](C(=O)NCF)C4)ccc3c2)cc(OC)c1OC. The molecule has 0 spiro atoms. The van der Waals surface area contributed by atoms with Crippen LogP contribution in [0, 0.1) is 5.92 Å². The zero-order valence-electron chi connectivity index (χ0n) is 20.1. The first-order valence-electron chi connectivity index (χ1n) is 11.4. The molecule has 0 aromatic heterocycles. The first-order valence-corrected chi connectivity index (χ1v) is 11.4. The second-order valence-corrected chi connectivity index (χ2v) is 8.49. The third kappa shape index (κ3) is 5.16. The molecule has 1 aliphatic heterocycles. The molecule has 1 atom stereocenters. The van der Waals surface area contributed by atoms with E-state index in [9.17, 15) is 14.0 Å². The summed E-state index contributed by atoms with van der Waals surface area (Å²) in [6.45, 7) is -0.0486. The lowest BCUT2D eigenvalue weighted by Gasteiger charge is -2.17. The summed E-state index contributed by atoms with van der Waals surface area (Å²) in [4.78, 5) is 26.3. The van der Waals surface area contributed by atoms with Gasteiger partial charge in [0.25, 0.3) is 0 Å². The molecule has 0 unspecified atom stereocenters. The quantitative estimate of drug-likeness (QED) is 0.494. The van der Waals surface area contributed by atoms with Gasteiger partial charge in [-0.2, -0.15) is 0 Å². The van der Waals surface area contributed by atoms with Crippen LogP contribution in [-0.4, -0.2) is 57.9 Å². The molecular weight excluding hydrogens is 451 g/mol. The Kier molecular flexibility index (Phi) is 7.39. The van der Waals surface area contributed by atoms with Crippen LogP contribution in [0.25, 0.3) is 21.9 Å². The molecule has 1 heterocycles. The Hall–Kier alpha value is -3.81. The van der Waals surface area contributed by atoms with Gasteiger partial charge in [-0.05, 0) is 52.1 Å². The highest BCUT2D eigenvalue weighted by atomic mass is 19.1. The van der Waals surface area contributed by atoms with Crippen molar-refractivity contribution in [3.63, 3.8) is 0 Å². The van der Waals surface area contributed by atoms with Crippen molar-refractivity contribution in [2.24, 2.45) is 5.92 Å². The molecule has 0 aliphatic carbocycles.